The molecule has 8 nitrogen and oxygen atoms in total. The number of amides is 2. The lowest BCUT2D eigenvalue weighted by molar-refractivity contribution is 0.0277. The van der Waals surface area contributed by atoms with Crippen molar-refractivity contribution < 1.29 is 23.5 Å². The summed E-state index contributed by atoms with van der Waals surface area (Å²) in [6.45, 7) is 4.85. The Bertz CT molecular complexity index is 1590. The highest BCUT2D eigenvalue weighted by atomic mass is 35.5. The van der Waals surface area contributed by atoms with E-state index in [1.54, 1.807) is 36.4 Å². The Labute approximate surface area is 277 Å². The molecule has 4 aromatic carbocycles. The maximum Gasteiger partial charge on any atom is 0.258 e. The van der Waals surface area contributed by atoms with E-state index in [2.05, 4.69) is 21.3 Å². The highest BCUT2D eigenvalue weighted by molar-refractivity contribution is 6.31. The van der Waals surface area contributed by atoms with Crippen LogP contribution < -0.4 is 21.3 Å². The van der Waals surface area contributed by atoms with E-state index >= 15 is 0 Å². The molecule has 4 aromatic rings. The largest absolute Gasteiger partial charge is 0.372 e. The maximum absolute atomic E-state index is 13.7. The van der Waals surface area contributed by atoms with Crippen LogP contribution >= 0.6 is 23.2 Å². The van der Waals surface area contributed by atoms with Gasteiger partial charge in [0.1, 0.15) is 5.82 Å². The minimum Gasteiger partial charge on any atom is -0.372 e. The van der Waals surface area contributed by atoms with Crippen LogP contribution in [0.15, 0.2) is 91.0 Å². The van der Waals surface area contributed by atoms with Gasteiger partial charge in [-0.1, -0.05) is 47.5 Å². The van der Waals surface area contributed by atoms with Crippen molar-refractivity contribution in [1.82, 2.24) is 10.6 Å². The zero-order valence-electron chi connectivity index (χ0n) is 25.0. The normalized spacial score (nSPS) is 17.5. The van der Waals surface area contributed by atoms with Crippen molar-refractivity contribution in [3.63, 3.8) is 0 Å². The Balaban J connectivity index is 0.000000181. The Morgan fingerprint density at radius 2 is 1.46 bits per heavy atom. The molecule has 2 aliphatic heterocycles. The first-order valence-corrected chi connectivity index (χ1v) is 15.8. The summed E-state index contributed by atoms with van der Waals surface area (Å²) in [5, 5.41) is 13.0. The Hall–Kier alpha value is -3.83. The van der Waals surface area contributed by atoms with Gasteiger partial charge in [0.05, 0.1) is 31.0 Å². The number of nitrogens with one attached hydrogen (secondary N) is 4. The van der Waals surface area contributed by atoms with Gasteiger partial charge in [-0.25, -0.2) is 4.39 Å². The van der Waals surface area contributed by atoms with Gasteiger partial charge in [-0.3, -0.25) is 9.59 Å². The number of benzene rings is 4. The summed E-state index contributed by atoms with van der Waals surface area (Å²) in [4.78, 5) is 24.2. The fourth-order valence-electron chi connectivity index (χ4n) is 4.91. The molecule has 46 heavy (non-hydrogen) atoms. The molecule has 2 aliphatic rings. The van der Waals surface area contributed by atoms with E-state index in [9.17, 15) is 14.0 Å². The van der Waals surface area contributed by atoms with Gasteiger partial charge < -0.3 is 30.7 Å². The summed E-state index contributed by atoms with van der Waals surface area (Å²) in [7, 11) is 0. The SMILES string of the molecule is O=C(Nc1ccc(C2CNCCO2)cc1)c1ccc(Cl)cc1F.O=C(Nc1ccc(COC2CCNC2)cc1)c1ccc(Cl)cc1. The molecule has 240 valence electrons. The van der Waals surface area contributed by atoms with Crippen molar-refractivity contribution in [1.29, 1.82) is 0 Å². The minimum absolute atomic E-state index is 0.0159. The monoisotopic (exact) mass is 664 g/mol. The van der Waals surface area contributed by atoms with Crippen molar-refractivity contribution >= 4 is 46.4 Å². The van der Waals surface area contributed by atoms with E-state index in [0.717, 1.165) is 55.5 Å². The number of halogens is 3. The molecule has 2 atom stereocenters. The van der Waals surface area contributed by atoms with Gasteiger partial charge in [0.15, 0.2) is 0 Å². The number of anilines is 2. The van der Waals surface area contributed by atoms with E-state index in [1.165, 1.54) is 12.1 Å². The van der Waals surface area contributed by atoms with Crippen LogP contribution in [0, 0.1) is 5.82 Å². The topological polar surface area (TPSA) is 101 Å². The van der Waals surface area contributed by atoms with Crippen LogP contribution in [0.1, 0.15) is 44.4 Å². The van der Waals surface area contributed by atoms with E-state index in [1.807, 2.05) is 36.4 Å². The highest BCUT2D eigenvalue weighted by Crippen LogP contribution is 2.22. The van der Waals surface area contributed by atoms with Gasteiger partial charge >= 0.3 is 0 Å². The fraction of sp³-hybridized carbons (Fsp3) is 0.257. The number of morpholine rings is 1. The highest BCUT2D eigenvalue weighted by Gasteiger charge is 2.17. The van der Waals surface area contributed by atoms with E-state index < -0.39 is 11.7 Å². The molecule has 2 amide bonds. The number of ether oxygens (including phenoxy) is 2. The van der Waals surface area contributed by atoms with Crippen LogP contribution in [0.5, 0.6) is 0 Å². The average Bonchev–Trinajstić information content (AvgIpc) is 3.60. The summed E-state index contributed by atoms with van der Waals surface area (Å²) >= 11 is 11.5. The van der Waals surface area contributed by atoms with Gasteiger partial charge in [-0.05, 0) is 90.8 Å². The summed E-state index contributed by atoms with van der Waals surface area (Å²) in [6, 6.07) is 25.8. The Kier molecular flexibility index (Phi) is 12.1. The van der Waals surface area contributed by atoms with E-state index in [-0.39, 0.29) is 22.6 Å². The second-order valence-corrected chi connectivity index (χ2v) is 11.7. The summed E-state index contributed by atoms with van der Waals surface area (Å²) < 4.78 is 25.2. The number of hydrogen-bond acceptors (Lipinski definition) is 6. The lowest BCUT2D eigenvalue weighted by Crippen LogP contribution is -2.33. The second-order valence-electron chi connectivity index (χ2n) is 10.8. The molecular weight excluding hydrogens is 630 g/mol. The first-order chi connectivity index (χ1) is 22.3. The fourth-order valence-corrected chi connectivity index (χ4v) is 5.19. The summed E-state index contributed by atoms with van der Waals surface area (Å²) in [6.07, 6.45) is 1.39. The van der Waals surface area contributed by atoms with Crippen LogP contribution in [0.3, 0.4) is 0 Å². The molecule has 0 radical (unpaired) electrons. The summed E-state index contributed by atoms with van der Waals surface area (Å²) in [5.74, 6) is -1.31. The molecule has 4 N–H and O–H groups in total. The average molecular weight is 666 g/mol. The molecule has 0 spiro atoms. The second kappa shape index (κ2) is 16.6. The predicted octanol–water partition coefficient (Wildman–Crippen LogP) is 6.86. The van der Waals surface area contributed by atoms with Gasteiger partial charge in [0.2, 0.25) is 0 Å². The molecule has 2 fully saturated rings. The van der Waals surface area contributed by atoms with Crippen molar-refractivity contribution in [2.45, 2.75) is 25.2 Å². The third-order valence-corrected chi connectivity index (χ3v) is 7.95. The van der Waals surface area contributed by atoms with Crippen LogP contribution in [-0.4, -0.2) is 50.7 Å². The minimum atomic E-state index is -0.645. The quantitative estimate of drug-likeness (QED) is 0.164. The molecular formula is C35H35Cl2FN4O4. The zero-order valence-corrected chi connectivity index (χ0v) is 26.5. The molecule has 2 unspecified atom stereocenters. The molecule has 0 bridgehead atoms. The summed E-state index contributed by atoms with van der Waals surface area (Å²) in [5.41, 5.74) is 4.02. The number of hydrogen-bond donors (Lipinski definition) is 4. The third kappa shape index (κ3) is 9.83. The van der Waals surface area contributed by atoms with Crippen LogP contribution in [0.25, 0.3) is 0 Å². The predicted molar refractivity (Wildman–Crippen MR) is 179 cm³/mol. The first kappa shape index (κ1) is 33.5. The lowest BCUT2D eigenvalue weighted by atomic mass is 10.1. The van der Waals surface area contributed by atoms with E-state index in [0.29, 0.717) is 35.6 Å². The van der Waals surface area contributed by atoms with Crippen LogP contribution in [0.2, 0.25) is 10.0 Å². The zero-order chi connectivity index (χ0) is 32.3. The smallest absolute Gasteiger partial charge is 0.258 e. The van der Waals surface area contributed by atoms with Crippen molar-refractivity contribution in [2.75, 3.05) is 43.4 Å². The van der Waals surface area contributed by atoms with Gasteiger partial charge in [0.25, 0.3) is 11.8 Å². The van der Waals surface area contributed by atoms with Gasteiger partial charge in [-0.2, -0.15) is 0 Å². The van der Waals surface area contributed by atoms with Crippen molar-refractivity contribution in [2.24, 2.45) is 0 Å². The standard InChI is InChI=1S/C18H19ClN2O2.C17H16ClFN2O2/c19-15-5-3-14(4-6-15)18(22)21-16-7-1-13(2-8-16)12-23-17-9-10-20-11-17;18-12-3-6-14(15(19)9-12)17(22)21-13-4-1-11(2-5-13)16-10-20-7-8-23-16/h1-8,17,20H,9-12H2,(H,21,22);1-6,9,16,20H,7-8,10H2,(H,21,22). The van der Waals surface area contributed by atoms with Crippen LogP contribution in [-0.2, 0) is 16.1 Å². The van der Waals surface area contributed by atoms with Crippen molar-refractivity contribution in [3.05, 3.63) is 129 Å². The Morgan fingerprint density at radius 3 is 2.09 bits per heavy atom. The maximum atomic E-state index is 13.7. The van der Waals surface area contributed by atoms with Gasteiger partial charge in [-0.15, -0.1) is 0 Å². The van der Waals surface area contributed by atoms with Gasteiger partial charge in [0, 0.05) is 46.6 Å². The van der Waals surface area contributed by atoms with Crippen molar-refractivity contribution in [3.8, 4) is 0 Å². The van der Waals surface area contributed by atoms with E-state index in [4.69, 9.17) is 32.7 Å². The molecule has 11 heteroatoms. The number of carbonyl (C=O) groups is 2. The molecule has 0 aromatic heterocycles. The number of carbonyl (C=O) groups excluding carboxylic acids is 2. The van der Waals surface area contributed by atoms with Crippen LogP contribution in [0.4, 0.5) is 15.8 Å². The first-order valence-electron chi connectivity index (χ1n) is 15.0. The number of rotatable bonds is 8. The molecule has 2 saturated heterocycles. The molecule has 0 saturated carbocycles. The lowest BCUT2D eigenvalue weighted by Gasteiger charge is -2.24. The Morgan fingerprint density at radius 1 is 0.804 bits per heavy atom. The molecule has 0 aliphatic carbocycles. The molecule has 2 heterocycles. The molecule has 6 rings (SSSR count). The third-order valence-electron chi connectivity index (χ3n) is 7.46.